The fraction of sp³-hybridized carbons (Fsp3) is 0.238. The molecule has 0 amide bonds. The molecule has 0 aliphatic heterocycles. The van der Waals surface area contributed by atoms with E-state index in [1.165, 1.54) is 0 Å². The molecule has 3 aromatic rings. The first-order chi connectivity index (χ1) is 15.2. The molecule has 2 aromatic heterocycles. The summed E-state index contributed by atoms with van der Waals surface area (Å²) in [7, 11) is 0. The Morgan fingerprint density at radius 2 is 1.55 bits per heavy atom. The normalized spacial score (nSPS) is 12.9. The van der Waals surface area contributed by atoms with Crippen molar-refractivity contribution in [3.8, 4) is 0 Å². The van der Waals surface area contributed by atoms with Gasteiger partial charge in [0, 0.05) is 15.6 Å². The van der Waals surface area contributed by atoms with Crippen LogP contribution in [0.25, 0.3) is 12.2 Å². The third-order valence-corrected chi connectivity index (χ3v) is 4.86. The summed E-state index contributed by atoms with van der Waals surface area (Å²) < 4.78 is 32.6. The molecule has 1 aromatic carbocycles. The molecule has 0 unspecified atom stereocenters. The van der Waals surface area contributed by atoms with Crippen LogP contribution in [0, 0.1) is 0 Å². The number of hydrogen-bond donors (Lipinski definition) is 4. The summed E-state index contributed by atoms with van der Waals surface area (Å²) >= 11 is 3.42. The molecular formula is C21H20BrF3N4O4. The highest BCUT2D eigenvalue weighted by molar-refractivity contribution is 9.10. The Kier molecular flexibility index (Phi) is 7.85. The topological polar surface area (TPSA) is 132 Å². The van der Waals surface area contributed by atoms with Gasteiger partial charge in [-0.15, -0.1) is 0 Å². The number of H-pyrrole nitrogens is 3. The first-order valence-corrected chi connectivity index (χ1v) is 10.1. The van der Waals surface area contributed by atoms with Crippen molar-refractivity contribution in [3.05, 3.63) is 83.4 Å². The lowest BCUT2D eigenvalue weighted by molar-refractivity contribution is -0.192. The molecule has 0 aliphatic rings. The number of aromatic amines is 3. The fourth-order valence-electron chi connectivity index (χ4n) is 2.60. The minimum Gasteiger partial charge on any atom is -0.475 e. The van der Waals surface area contributed by atoms with E-state index in [-0.39, 0.29) is 27.2 Å². The SMILES string of the molecule is CC(C)(C)c1[nH]cnc1/C=c1\[nH]c(=O)/c(=C/c2ccccc2Br)[nH]c1=O.O=C(O)C(F)(F)F. The molecule has 0 saturated heterocycles. The quantitative estimate of drug-likeness (QED) is 0.404. The second kappa shape index (κ2) is 10.0. The zero-order chi connectivity index (χ0) is 25.0. The lowest BCUT2D eigenvalue weighted by Crippen LogP contribution is -2.46. The van der Waals surface area contributed by atoms with Gasteiger partial charge in [-0.05, 0) is 23.8 Å². The number of carboxylic acid groups (broad SMARTS) is 1. The van der Waals surface area contributed by atoms with Gasteiger partial charge in [0.1, 0.15) is 10.7 Å². The Bertz CT molecular complexity index is 1380. The van der Waals surface area contributed by atoms with Gasteiger partial charge in [0.2, 0.25) is 0 Å². The fourth-order valence-corrected chi connectivity index (χ4v) is 2.99. The molecule has 0 radical (unpaired) electrons. The largest absolute Gasteiger partial charge is 0.490 e. The van der Waals surface area contributed by atoms with Crippen LogP contribution in [0.4, 0.5) is 13.2 Å². The molecule has 0 aliphatic carbocycles. The van der Waals surface area contributed by atoms with E-state index in [0.29, 0.717) is 5.69 Å². The average molecular weight is 529 g/mol. The van der Waals surface area contributed by atoms with Crippen molar-refractivity contribution in [1.82, 2.24) is 19.9 Å². The van der Waals surface area contributed by atoms with E-state index < -0.39 is 12.1 Å². The summed E-state index contributed by atoms with van der Waals surface area (Å²) in [6, 6.07) is 7.45. The van der Waals surface area contributed by atoms with Crippen LogP contribution in [0.1, 0.15) is 37.7 Å². The molecule has 176 valence electrons. The van der Waals surface area contributed by atoms with E-state index in [0.717, 1.165) is 15.7 Å². The number of rotatable bonds is 2. The van der Waals surface area contributed by atoms with Gasteiger partial charge >= 0.3 is 12.1 Å². The number of carboxylic acids is 1. The van der Waals surface area contributed by atoms with E-state index in [1.807, 2.05) is 45.0 Å². The number of alkyl halides is 3. The van der Waals surface area contributed by atoms with Crippen molar-refractivity contribution in [2.24, 2.45) is 0 Å². The number of aliphatic carboxylic acids is 1. The molecule has 0 saturated carbocycles. The van der Waals surface area contributed by atoms with E-state index in [9.17, 15) is 22.8 Å². The first-order valence-electron chi connectivity index (χ1n) is 9.34. The van der Waals surface area contributed by atoms with Crippen LogP contribution in [0.3, 0.4) is 0 Å². The van der Waals surface area contributed by atoms with E-state index in [4.69, 9.17) is 9.90 Å². The maximum absolute atomic E-state index is 12.4. The zero-order valence-electron chi connectivity index (χ0n) is 17.7. The number of carbonyl (C=O) groups is 1. The summed E-state index contributed by atoms with van der Waals surface area (Å²) in [6.45, 7) is 6.13. The summed E-state index contributed by atoms with van der Waals surface area (Å²) in [5.41, 5.74) is 1.39. The van der Waals surface area contributed by atoms with Gasteiger partial charge < -0.3 is 20.1 Å². The smallest absolute Gasteiger partial charge is 0.475 e. The number of nitrogens with zero attached hydrogens (tertiary/aromatic N) is 1. The maximum atomic E-state index is 12.4. The molecule has 0 spiro atoms. The Balaban J connectivity index is 0.000000479. The molecular weight excluding hydrogens is 509 g/mol. The molecule has 33 heavy (non-hydrogen) atoms. The van der Waals surface area contributed by atoms with Crippen molar-refractivity contribution in [2.75, 3.05) is 0 Å². The second-order valence-electron chi connectivity index (χ2n) is 7.76. The van der Waals surface area contributed by atoms with Gasteiger partial charge in [-0.3, -0.25) is 9.59 Å². The van der Waals surface area contributed by atoms with Crippen LogP contribution >= 0.6 is 15.9 Å². The lowest BCUT2D eigenvalue weighted by atomic mass is 9.90. The van der Waals surface area contributed by atoms with Gasteiger partial charge in [0.25, 0.3) is 11.1 Å². The number of benzene rings is 1. The molecule has 0 bridgehead atoms. The van der Waals surface area contributed by atoms with Gasteiger partial charge in [0.15, 0.2) is 0 Å². The van der Waals surface area contributed by atoms with Crippen LogP contribution in [-0.4, -0.2) is 37.2 Å². The van der Waals surface area contributed by atoms with Gasteiger partial charge in [-0.25, -0.2) is 9.78 Å². The van der Waals surface area contributed by atoms with Crippen LogP contribution < -0.4 is 21.8 Å². The Hall–Kier alpha value is -3.41. The number of nitrogens with one attached hydrogen (secondary N) is 3. The third-order valence-electron chi connectivity index (χ3n) is 4.13. The molecule has 4 N–H and O–H groups in total. The van der Waals surface area contributed by atoms with Crippen molar-refractivity contribution >= 4 is 34.1 Å². The van der Waals surface area contributed by atoms with Crippen molar-refractivity contribution < 1.29 is 23.1 Å². The van der Waals surface area contributed by atoms with E-state index >= 15 is 0 Å². The molecule has 2 heterocycles. The molecule has 12 heteroatoms. The van der Waals surface area contributed by atoms with Crippen molar-refractivity contribution in [2.45, 2.75) is 32.4 Å². The van der Waals surface area contributed by atoms with Crippen LogP contribution in [0.5, 0.6) is 0 Å². The number of hydrogen-bond acceptors (Lipinski definition) is 4. The van der Waals surface area contributed by atoms with Crippen molar-refractivity contribution in [1.29, 1.82) is 0 Å². The highest BCUT2D eigenvalue weighted by Crippen LogP contribution is 2.22. The third kappa shape index (κ3) is 7.04. The summed E-state index contributed by atoms with van der Waals surface area (Å²) in [4.78, 5) is 46.4. The highest BCUT2D eigenvalue weighted by atomic mass is 79.9. The number of aromatic nitrogens is 4. The minimum absolute atomic E-state index is 0.164. The predicted octanol–water partition coefficient (Wildman–Crippen LogP) is 2.14. The molecule has 8 nitrogen and oxygen atoms in total. The highest BCUT2D eigenvalue weighted by Gasteiger charge is 2.38. The molecule has 0 fully saturated rings. The Labute approximate surface area is 193 Å². The number of halogens is 4. The standard InChI is InChI=1S/C19H19BrN4O2.C2HF3O2/c1-19(2,3)16-13(21-10-22-16)9-15-18(26)23-14(17(25)24-15)8-11-6-4-5-7-12(11)20;3-2(4,5)1(6)7/h4-10H,1-3H3,(H,21,22)(H,23,26)(H,24,25);(H,6,7)/b14-8-,15-9-;. The zero-order valence-corrected chi connectivity index (χ0v) is 19.3. The first kappa shape index (κ1) is 25.8. The second-order valence-corrected chi connectivity index (χ2v) is 8.62. The summed E-state index contributed by atoms with van der Waals surface area (Å²) in [5, 5.41) is 7.48. The molecule has 0 atom stereocenters. The van der Waals surface area contributed by atoms with Gasteiger partial charge in [-0.2, -0.15) is 13.2 Å². The van der Waals surface area contributed by atoms with Crippen LogP contribution in [0.15, 0.2) is 44.7 Å². The van der Waals surface area contributed by atoms with E-state index in [1.54, 1.807) is 18.5 Å². The van der Waals surface area contributed by atoms with Crippen LogP contribution in [0.2, 0.25) is 0 Å². The Morgan fingerprint density at radius 3 is 2.03 bits per heavy atom. The predicted molar refractivity (Wildman–Crippen MR) is 119 cm³/mol. The lowest BCUT2D eigenvalue weighted by Gasteiger charge is -2.16. The minimum atomic E-state index is -5.08. The van der Waals surface area contributed by atoms with Crippen LogP contribution in [-0.2, 0) is 10.2 Å². The monoisotopic (exact) mass is 528 g/mol. The number of imidazole rings is 1. The van der Waals surface area contributed by atoms with Gasteiger partial charge in [0.05, 0.1) is 12.0 Å². The van der Waals surface area contributed by atoms with Gasteiger partial charge in [-0.1, -0.05) is 54.9 Å². The maximum Gasteiger partial charge on any atom is 0.490 e. The van der Waals surface area contributed by atoms with E-state index in [2.05, 4.69) is 35.9 Å². The Morgan fingerprint density at radius 1 is 1.03 bits per heavy atom. The summed E-state index contributed by atoms with van der Waals surface area (Å²) in [6.07, 6.45) is -0.295. The molecule has 3 rings (SSSR count). The summed E-state index contributed by atoms with van der Waals surface area (Å²) in [5.74, 6) is -2.76. The van der Waals surface area contributed by atoms with Crippen molar-refractivity contribution in [3.63, 3.8) is 0 Å². The average Bonchev–Trinajstić information content (AvgIpc) is 3.16.